The van der Waals surface area contributed by atoms with Crippen LogP contribution in [0.15, 0.2) is 53.1 Å². The maximum atomic E-state index is 12.7. The number of allylic oxidation sites excluding steroid dienone is 1. The first kappa shape index (κ1) is 17.9. The Hall–Kier alpha value is -1.92. The smallest absolute Gasteiger partial charge is 0.411 e. The standard InChI is InChI=1S/C18H19ClN2O3S/c1-2-24-18(23)20-12-7-8-16-14(11-12)21(17(22)9-10-19)13-5-3-4-6-15(13)25-16/h3-8,11,14,16H,2,9-10H2,1H3,(H,20,23)/t14-,16-/m0/s1. The van der Waals surface area contributed by atoms with Crippen LogP contribution in [0.3, 0.4) is 0 Å². The van der Waals surface area contributed by atoms with Gasteiger partial charge in [0.2, 0.25) is 5.91 Å². The zero-order valence-electron chi connectivity index (χ0n) is 13.8. The van der Waals surface area contributed by atoms with Crippen LogP contribution in [-0.4, -0.2) is 35.8 Å². The minimum Gasteiger partial charge on any atom is -0.450 e. The number of nitrogens with one attached hydrogen (secondary N) is 1. The van der Waals surface area contributed by atoms with Crippen molar-refractivity contribution in [1.82, 2.24) is 5.32 Å². The Balaban J connectivity index is 1.92. The van der Waals surface area contributed by atoms with Crippen molar-refractivity contribution in [2.45, 2.75) is 29.5 Å². The molecule has 0 fully saturated rings. The summed E-state index contributed by atoms with van der Waals surface area (Å²) in [6, 6.07) is 7.65. The second-order valence-corrected chi connectivity index (χ2v) is 7.17. The third-order valence-electron chi connectivity index (χ3n) is 3.94. The van der Waals surface area contributed by atoms with Crippen molar-refractivity contribution in [2.24, 2.45) is 0 Å². The van der Waals surface area contributed by atoms with Gasteiger partial charge in [0.15, 0.2) is 0 Å². The molecule has 0 radical (unpaired) electrons. The highest BCUT2D eigenvalue weighted by molar-refractivity contribution is 8.00. The number of alkyl halides is 1. The Kier molecular flexibility index (Phi) is 5.71. The minimum absolute atomic E-state index is 0.0280. The predicted octanol–water partition coefficient (Wildman–Crippen LogP) is 3.69. The summed E-state index contributed by atoms with van der Waals surface area (Å²) in [7, 11) is 0. The van der Waals surface area contributed by atoms with Crippen molar-refractivity contribution in [3.05, 3.63) is 48.2 Å². The molecule has 0 aromatic heterocycles. The molecule has 0 saturated carbocycles. The van der Waals surface area contributed by atoms with E-state index in [1.165, 1.54) is 0 Å². The van der Waals surface area contributed by atoms with Crippen LogP contribution in [0.1, 0.15) is 13.3 Å². The van der Waals surface area contributed by atoms with Gasteiger partial charge in [-0.25, -0.2) is 4.79 Å². The van der Waals surface area contributed by atoms with Gasteiger partial charge in [-0.1, -0.05) is 18.2 Å². The number of rotatable bonds is 4. The lowest BCUT2D eigenvalue weighted by molar-refractivity contribution is -0.118. The third-order valence-corrected chi connectivity index (χ3v) is 5.43. The summed E-state index contributed by atoms with van der Waals surface area (Å²) in [5, 5.41) is 2.79. The molecule has 0 unspecified atom stereocenters. The SMILES string of the molecule is CCOC(=O)NC1=C[C@H]2[C@H](C=C1)Sc1ccccc1N2C(=O)CCCl. The molecular formula is C18H19ClN2O3S. The van der Waals surface area contributed by atoms with Gasteiger partial charge in [-0.15, -0.1) is 23.4 Å². The normalized spacial score (nSPS) is 21.0. The van der Waals surface area contributed by atoms with Gasteiger partial charge in [-0.3, -0.25) is 10.1 Å². The zero-order chi connectivity index (χ0) is 17.8. The van der Waals surface area contributed by atoms with Gasteiger partial charge < -0.3 is 9.64 Å². The molecule has 0 saturated heterocycles. The molecule has 2 atom stereocenters. The quantitative estimate of drug-likeness (QED) is 0.812. The van der Waals surface area contributed by atoms with Crippen LogP contribution in [0.4, 0.5) is 10.5 Å². The number of alkyl carbamates (subject to hydrolysis) is 1. The molecular weight excluding hydrogens is 360 g/mol. The first-order valence-corrected chi connectivity index (χ1v) is 9.53. The van der Waals surface area contributed by atoms with Crippen LogP contribution >= 0.6 is 23.4 Å². The Bertz CT molecular complexity index is 735. The van der Waals surface area contributed by atoms with Crippen molar-refractivity contribution in [2.75, 3.05) is 17.4 Å². The van der Waals surface area contributed by atoms with Gasteiger partial charge in [0, 0.05) is 22.9 Å². The number of hydrogen-bond acceptors (Lipinski definition) is 4. The predicted molar refractivity (Wildman–Crippen MR) is 100 cm³/mol. The van der Waals surface area contributed by atoms with Gasteiger partial charge in [0.1, 0.15) is 0 Å². The second-order valence-electron chi connectivity index (χ2n) is 5.57. The van der Waals surface area contributed by atoms with Crippen LogP contribution < -0.4 is 10.2 Å². The van der Waals surface area contributed by atoms with E-state index in [2.05, 4.69) is 5.32 Å². The number of anilines is 1. The number of para-hydroxylation sites is 1. The van der Waals surface area contributed by atoms with Crippen molar-refractivity contribution >= 4 is 41.1 Å². The van der Waals surface area contributed by atoms with E-state index in [1.807, 2.05) is 42.5 Å². The fourth-order valence-electron chi connectivity index (χ4n) is 2.91. The van der Waals surface area contributed by atoms with E-state index in [-0.39, 0.29) is 29.5 Å². The zero-order valence-corrected chi connectivity index (χ0v) is 15.3. The molecule has 1 heterocycles. The van der Waals surface area contributed by atoms with Crippen molar-refractivity contribution in [1.29, 1.82) is 0 Å². The van der Waals surface area contributed by atoms with Crippen LogP contribution in [0.25, 0.3) is 0 Å². The van der Waals surface area contributed by atoms with E-state index in [1.54, 1.807) is 23.6 Å². The summed E-state index contributed by atoms with van der Waals surface area (Å²) in [6.07, 6.45) is 5.52. The van der Waals surface area contributed by atoms with Crippen LogP contribution in [0.2, 0.25) is 0 Å². The molecule has 1 aromatic rings. The molecule has 1 N–H and O–H groups in total. The van der Waals surface area contributed by atoms with E-state index in [0.717, 1.165) is 10.6 Å². The highest BCUT2D eigenvalue weighted by Gasteiger charge is 2.37. The number of carbonyl (C=O) groups excluding carboxylic acids is 2. The fraction of sp³-hybridized carbons (Fsp3) is 0.333. The Morgan fingerprint density at radius 2 is 2.16 bits per heavy atom. The molecule has 2 aliphatic rings. The molecule has 1 aliphatic heterocycles. The topological polar surface area (TPSA) is 58.6 Å². The molecule has 3 rings (SSSR count). The first-order chi connectivity index (χ1) is 12.1. The summed E-state index contributed by atoms with van der Waals surface area (Å²) in [5.41, 5.74) is 1.51. The van der Waals surface area contributed by atoms with Crippen LogP contribution in [0, 0.1) is 0 Å². The minimum atomic E-state index is -0.501. The molecule has 1 aromatic carbocycles. The number of ether oxygens (including phenoxy) is 1. The van der Waals surface area contributed by atoms with Gasteiger partial charge in [-0.2, -0.15) is 0 Å². The summed E-state index contributed by atoms with van der Waals surface area (Å²) < 4.78 is 4.92. The van der Waals surface area contributed by atoms with E-state index >= 15 is 0 Å². The van der Waals surface area contributed by atoms with Crippen LogP contribution in [0.5, 0.6) is 0 Å². The van der Waals surface area contributed by atoms with Gasteiger partial charge >= 0.3 is 6.09 Å². The number of nitrogens with zero attached hydrogens (tertiary/aromatic N) is 1. The van der Waals surface area contributed by atoms with Gasteiger partial charge in [0.05, 0.1) is 23.6 Å². The van der Waals surface area contributed by atoms with E-state index < -0.39 is 6.09 Å². The molecule has 2 amide bonds. The maximum absolute atomic E-state index is 12.7. The number of thioether (sulfide) groups is 1. The highest BCUT2D eigenvalue weighted by Crippen LogP contribution is 2.44. The monoisotopic (exact) mass is 378 g/mol. The lowest BCUT2D eigenvalue weighted by Gasteiger charge is -2.41. The van der Waals surface area contributed by atoms with Crippen LogP contribution in [-0.2, 0) is 9.53 Å². The third kappa shape index (κ3) is 3.85. The van der Waals surface area contributed by atoms with E-state index in [4.69, 9.17) is 16.3 Å². The fourth-order valence-corrected chi connectivity index (χ4v) is 4.31. The Labute approximate surface area is 156 Å². The van der Waals surface area contributed by atoms with Crippen molar-refractivity contribution in [3.63, 3.8) is 0 Å². The lowest BCUT2D eigenvalue weighted by atomic mass is 10.0. The Morgan fingerprint density at radius 3 is 2.92 bits per heavy atom. The number of halogens is 1. The van der Waals surface area contributed by atoms with Crippen molar-refractivity contribution < 1.29 is 14.3 Å². The first-order valence-electron chi connectivity index (χ1n) is 8.11. The van der Waals surface area contributed by atoms with E-state index in [0.29, 0.717) is 12.3 Å². The Morgan fingerprint density at radius 1 is 1.36 bits per heavy atom. The molecule has 5 nitrogen and oxygen atoms in total. The molecule has 132 valence electrons. The average Bonchev–Trinajstić information content (AvgIpc) is 2.60. The van der Waals surface area contributed by atoms with Gasteiger partial charge in [0.25, 0.3) is 0 Å². The average molecular weight is 379 g/mol. The molecule has 0 spiro atoms. The summed E-state index contributed by atoms with van der Waals surface area (Å²) >= 11 is 7.50. The van der Waals surface area contributed by atoms with Gasteiger partial charge in [-0.05, 0) is 31.2 Å². The summed E-state index contributed by atoms with van der Waals surface area (Å²) in [5.74, 6) is 0.245. The summed E-state index contributed by atoms with van der Waals surface area (Å²) in [6.45, 7) is 2.06. The second kappa shape index (κ2) is 7.97. The number of carbonyl (C=O) groups is 2. The number of amides is 2. The maximum Gasteiger partial charge on any atom is 0.411 e. The number of benzene rings is 1. The number of hydrogen-bond donors (Lipinski definition) is 1. The largest absolute Gasteiger partial charge is 0.450 e. The summed E-state index contributed by atoms with van der Waals surface area (Å²) in [4.78, 5) is 27.2. The molecule has 0 bridgehead atoms. The highest BCUT2D eigenvalue weighted by atomic mass is 35.5. The number of fused-ring (bicyclic) bond motifs is 2. The van der Waals surface area contributed by atoms with E-state index in [9.17, 15) is 9.59 Å². The molecule has 25 heavy (non-hydrogen) atoms. The lowest BCUT2D eigenvalue weighted by Crippen LogP contribution is -2.48. The van der Waals surface area contributed by atoms with Crippen molar-refractivity contribution in [3.8, 4) is 0 Å². The molecule has 7 heteroatoms. The molecule has 1 aliphatic carbocycles.